The van der Waals surface area contributed by atoms with E-state index in [0.717, 1.165) is 16.5 Å². The molecule has 0 aliphatic carbocycles. The number of thiophene rings is 1. The van der Waals surface area contributed by atoms with Gasteiger partial charge in [-0.15, -0.1) is 11.3 Å². The number of hydrogen-bond acceptors (Lipinski definition) is 2. The quantitative estimate of drug-likeness (QED) is 0.676. The molecule has 102 valence electrons. The van der Waals surface area contributed by atoms with Gasteiger partial charge in [-0.05, 0) is 40.1 Å². The number of aliphatic hydroxyl groups excluding tert-OH is 1. The molecule has 0 fully saturated rings. The predicted molar refractivity (Wildman–Crippen MR) is 87.0 cm³/mol. The fourth-order valence-electron chi connectivity index (χ4n) is 2.29. The van der Waals surface area contributed by atoms with E-state index in [2.05, 4.69) is 6.07 Å². The molecule has 1 aromatic heterocycles. The number of aliphatic hydroxyl groups is 1. The van der Waals surface area contributed by atoms with Crippen molar-refractivity contribution in [2.45, 2.75) is 12.5 Å². The number of hydrogen-bond donors (Lipinski definition) is 1. The highest BCUT2D eigenvalue weighted by Crippen LogP contribution is 2.34. The standard InChI is InChI=1S/C16H12Cl2OS/c17-13-5-3-6-14(18)11(13)8-15(19)12-9-20-16-7-2-1-4-10(12)16/h1-7,9,15,19H,8H2. The lowest BCUT2D eigenvalue weighted by molar-refractivity contribution is 0.180. The molecule has 1 N–H and O–H groups in total. The molecule has 0 saturated carbocycles. The van der Waals surface area contributed by atoms with Gasteiger partial charge in [-0.25, -0.2) is 0 Å². The van der Waals surface area contributed by atoms with Gasteiger partial charge in [0.15, 0.2) is 0 Å². The molecule has 0 spiro atoms. The van der Waals surface area contributed by atoms with Crippen molar-refractivity contribution in [1.82, 2.24) is 0 Å². The number of rotatable bonds is 3. The average molecular weight is 323 g/mol. The van der Waals surface area contributed by atoms with Gasteiger partial charge in [0.2, 0.25) is 0 Å². The fraction of sp³-hybridized carbons (Fsp3) is 0.125. The maximum absolute atomic E-state index is 10.5. The number of benzene rings is 2. The third kappa shape index (κ3) is 2.57. The maximum atomic E-state index is 10.5. The van der Waals surface area contributed by atoms with E-state index < -0.39 is 6.10 Å². The van der Waals surface area contributed by atoms with E-state index in [-0.39, 0.29) is 0 Å². The van der Waals surface area contributed by atoms with Crippen LogP contribution >= 0.6 is 34.5 Å². The summed E-state index contributed by atoms with van der Waals surface area (Å²) in [5, 5.41) is 14.8. The largest absolute Gasteiger partial charge is 0.388 e. The zero-order valence-corrected chi connectivity index (χ0v) is 12.8. The van der Waals surface area contributed by atoms with E-state index in [1.54, 1.807) is 29.5 Å². The molecule has 0 radical (unpaired) electrons. The van der Waals surface area contributed by atoms with Crippen LogP contribution in [0.25, 0.3) is 10.1 Å². The first-order valence-electron chi connectivity index (χ1n) is 6.24. The molecule has 0 aliphatic heterocycles. The van der Waals surface area contributed by atoms with Crippen LogP contribution in [0.5, 0.6) is 0 Å². The average Bonchev–Trinajstić information content (AvgIpc) is 2.87. The lowest BCUT2D eigenvalue weighted by Gasteiger charge is -2.12. The van der Waals surface area contributed by atoms with E-state index in [0.29, 0.717) is 16.5 Å². The summed E-state index contributed by atoms with van der Waals surface area (Å²) < 4.78 is 1.17. The number of halogens is 2. The van der Waals surface area contributed by atoms with Crippen LogP contribution in [0.4, 0.5) is 0 Å². The van der Waals surface area contributed by atoms with Crippen LogP contribution in [-0.2, 0) is 6.42 Å². The van der Waals surface area contributed by atoms with Gasteiger partial charge in [0.25, 0.3) is 0 Å². The van der Waals surface area contributed by atoms with Crippen LogP contribution in [0.1, 0.15) is 17.2 Å². The Hall–Kier alpha value is -1.06. The zero-order chi connectivity index (χ0) is 14.1. The molecular weight excluding hydrogens is 311 g/mol. The third-order valence-corrected chi connectivity index (χ3v) is 5.02. The van der Waals surface area contributed by atoms with Crippen LogP contribution in [0.15, 0.2) is 47.8 Å². The Bertz CT molecular complexity index is 731. The summed E-state index contributed by atoms with van der Waals surface area (Å²) in [5.74, 6) is 0. The molecule has 20 heavy (non-hydrogen) atoms. The molecule has 3 rings (SSSR count). The summed E-state index contributed by atoms with van der Waals surface area (Å²) in [4.78, 5) is 0. The zero-order valence-electron chi connectivity index (χ0n) is 10.5. The van der Waals surface area contributed by atoms with E-state index in [1.807, 2.05) is 23.6 Å². The fourth-order valence-corrected chi connectivity index (χ4v) is 3.85. The normalized spacial score (nSPS) is 12.8. The first-order valence-corrected chi connectivity index (χ1v) is 7.87. The SMILES string of the molecule is OC(Cc1c(Cl)cccc1Cl)c1csc2ccccc12. The molecule has 1 atom stereocenters. The second-order valence-corrected chi connectivity index (χ2v) is 6.33. The summed E-state index contributed by atoms with van der Waals surface area (Å²) in [7, 11) is 0. The molecule has 3 aromatic rings. The number of fused-ring (bicyclic) bond motifs is 1. The highest BCUT2D eigenvalue weighted by atomic mass is 35.5. The molecule has 4 heteroatoms. The summed E-state index contributed by atoms with van der Waals surface area (Å²) in [6, 6.07) is 13.5. The highest BCUT2D eigenvalue weighted by Gasteiger charge is 2.16. The molecular formula is C16H12Cl2OS. The Morgan fingerprint density at radius 2 is 1.70 bits per heavy atom. The molecule has 0 bridgehead atoms. The second-order valence-electron chi connectivity index (χ2n) is 4.61. The van der Waals surface area contributed by atoms with Crippen molar-refractivity contribution >= 4 is 44.6 Å². The minimum Gasteiger partial charge on any atom is -0.388 e. The summed E-state index contributed by atoms with van der Waals surface area (Å²) >= 11 is 14.0. The lowest BCUT2D eigenvalue weighted by atomic mass is 10.0. The summed E-state index contributed by atoms with van der Waals surface area (Å²) in [5.41, 5.74) is 1.72. The van der Waals surface area contributed by atoms with Crippen molar-refractivity contribution in [3.05, 3.63) is 69.0 Å². The van der Waals surface area contributed by atoms with Crippen LogP contribution in [0.2, 0.25) is 10.0 Å². The van der Waals surface area contributed by atoms with E-state index in [9.17, 15) is 5.11 Å². The third-order valence-electron chi connectivity index (χ3n) is 3.33. The maximum Gasteiger partial charge on any atom is 0.0845 e. The molecule has 2 aromatic carbocycles. The summed E-state index contributed by atoms with van der Waals surface area (Å²) in [6.07, 6.45) is -0.192. The van der Waals surface area contributed by atoms with Crippen molar-refractivity contribution < 1.29 is 5.11 Å². The van der Waals surface area contributed by atoms with E-state index in [1.165, 1.54) is 4.70 Å². The van der Waals surface area contributed by atoms with Gasteiger partial charge in [-0.1, -0.05) is 47.5 Å². The van der Waals surface area contributed by atoms with Gasteiger partial charge in [-0.3, -0.25) is 0 Å². The highest BCUT2D eigenvalue weighted by molar-refractivity contribution is 7.17. The first kappa shape index (κ1) is 13.9. The van der Waals surface area contributed by atoms with E-state index in [4.69, 9.17) is 23.2 Å². The predicted octanol–water partition coefficient (Wildman–Crippen LogP) is 5.48. The van der Waals surface area contributed by atoms with Crippen molar-refractivity contribution in [2.24, 2.45) is 0 Å². The minimum absolute atomic E-state index is 0.416. The molecule has 1 nitrogen and oxygen atoms in total. The molecule has 0 aliphatic rings. The van der Waals surface area contributed by atoms with Crippen LogP contribution < -0.4 is 0 Å². The Morgan fingerprint density at radius 1 is 1.00 bits per heavy atom. The minimum atomic E-state index is -0.608. The Labute approximate surface area is 131 Å². The molecule has 1 unspecified atom stereocenters. The van der Waals surface area contributed by atoms with Crippen molar-refractivity contribution in [2.75, 3.05) is 0 Å². The molecule has 0 amide bonds. The second kappa shape index (κ2) is 5.74. The Kier molecular flexibility index (Phi) is 3.99. The molecule has 0 saturated heterocycles. The van der Waals surface area contributed by atoms with Gasteiger partial charge in [0, 0.05) is 21.2 Å². The van der Waals surface area contributed by atoms with Crippen LogP contribution in [-0.4, -0.2) is 5.11 Å². The smallest absolute Gasteiger partial charge is 0.0845 e. The van der Waals surface area contributed by atoms with Gasteiger partial charge >= 0.3 is 0 Å². The molecule has 1 heterocycles. The first-order chi connectivity index (χ1) is 9.66. The van der Waals surface area contributed by atoms with Crippen molar-refractivity contribution in [3.8, 4) is 0 Å². The Morgan fingerprint density at radius 3 is 2.45 bits per heavy atom. The monoisotopic (exact) mass is 322 g/mol. The van der Waals surface area contributed by atoms with Crippen LogP contribution in [0.3, 0.4) is 0 Å². The summed E-state index contributed by atoms with van der Waals surface area (Å²) in [6.45, 7) is 0. The topological polar surface area (TPSA) is 20.2 Å². The van der Waals surface area contributed by atoms with Gasteiger partial charge in [-0.2, -0.15) is 0 Å². The van der Waals surface area contributed by atoms with Crippen molar-refractivity contribution in [1.29, 1.82) is 0 Å². The Balaban J connectivity index is 1.95. The van der Waals surface area contributed by atoms with Gasteiger partial charge in [0.05, 0.1) is 6.10 Å². The van der Waals surface area contributed by atoms with E-state index >= 15 is 0 Å². The lowest BCUT2D eigenvalue weighted by Crippen LogP contribution is -2.02. The van der Waals surface area contributed by atoms with Crippen molar-refractivity contribution in [3.63, 3.8) is 0 Å². The van der Waals surface area contributed by atoms with Gasteiger partial charge < -0.3 is 5.11 Å². The van der Waals surface area contributed by atoms with Gasteiger partial charge in [0.1, 0.15) is 0 Å². The van der Waals surface area contributed by atoms with Crippen LogP contribution in [0, 0.1) is 0 Å².